The Bertz CT molecular complexity index is 875. The van der Waals surface area contributed by atoms with Gasteiger partial charge in [-0.25, -0.2) is 4.98 Å². The van der Waals surface area contributed by atoms with Crippen LogP contribution in [-0.4, -0.2) is 29.1 Å². The van der Waals surface area contributed by atoms with Gasteiger partial charge in [-0.1, -0.05) is 6.07 Å². The topological polar surface area (TPSA) is 74.2 Å². The van der Waals surface area contributed by atoms with E-state index in [9.17, 15) is 4.79 Å². The van der Waals surface area contributed by atoms with Gasteiger partial charge in [0.15, 0.2) is 0 Å². The predicted molar refractivity (Wildman–Crippen MR) is 116 cm³/mol. The second-order valence-electron chi connectivity index (χ2n) is 9.72. The van der Waals surface area contributed by atoms with Gasteiger partial charge in [-0.3, -0.25) is 4.79 Å². The fraction of sp³-hybridized carbons (Fsp3) is 0.583. The van der Waals surface area contributed by atoms with Crippen molar-refractivity contribution in [2.75, 3.05) is 23.8 Å². The number of anilines is 2. The highest BCUT2D eigenvalue weighted by atomic mass is 16.3. The van der Waals surface area contributed by atoms with Crippen molar-refractivity contribution < 1.29 is 9.90 Å². The largest absolute Gasteiger partial charge is 0.396 e. The molecule has 5 nitrogen and oxygen atoms in total. The summed E-state index contributed by atoms with van der Waals surface area (Å²) in [5.41, 5.74) is 1.98. The first-order valence-electron chi connectivity index (χ1n) is 11.2. The Kier molecular flexibility index (Phi) is 4.94. The van der Waals surface area contributed by atoms with Crippen LogP contribution in [0.5, 0.6) is 0 Å². The molecule has 4 saturated carbocycles. The van der Waals surface area contributed by atoms with E-state index >= 15 is 0 Å². The Balaban J connectivity index is 1.29. The SMILES string of the molecule is O=C(CC12CC3CC(CC(C3)C1)C2)Nc1cccc2nc(NCCCO)ccc12. The maximum Gasteiger partial charge on any atom is 0.224 e. The summed E-state index contributed by atoms with van der Waals surface area (Å²) in [6.07, 6.45) is 9.35. The van der Waals surface area contributed by atoms with E-state index in [4.69, 9.17) is 5.11 Å². The Morgan fingerprint density at radius 3 is 2.48 bits per heavy atom. The van der Waals surface area contributed by atoms with E-state index in [1.807, 2.05) is 30.3 Å². The molecule has 0 radical (unpaired) electrons. The summed E-state index contributed by atoms with van der Waals surface area (Å²) >= 11 is 0. The van der Waals surface area contributed by atoms with Gasteiger partial charge in [0.1, 0.15) is 5.82 Å². The van der Waals surface area contributed by atoms with Crippen molar-refractivity contribution in [3.8, 4) is 0 Å². The molecular weight excluding hydrogens is 362 g/mol. The lowest BCUT2D eigenvalue weighted by Gasteiger charge is -2.56. The lowest BCUT2D eigenvalue weighted by atomic mass is 9.49. The number of benzene rings is 1. The fourth-order valence-corrected chi connectivity index (χ4v) is 6.70. The van der Waals surface area contributed by atoms with Crippen molar-refractivity contribution >= 4 is 28.3 Å². The zero-order chi connectivity index (χ0) is 19.8. The summed E-state index contributed by atoms with van der Waals surface area (Å²) < 4.78 is 0. The molecule has 0 unspecified atom stereocenters. The van der Waals surface area contributed by atoms with Crippen molar-refractivity contribution in [2.24, 2.45) is 23.2 Å². The number of aromatic nitrogens is 1. The van der Waals surface area contributed by atoms with Gasteiger partial charge in [0.2, 0.25) is 5.91 Å². The van der Waals surface area contributed by atoms with Crippen LogP contribution < -0.4 is 10.6 Å². The third-order valence-electron chi connectivity index (χ3n) is 7.35. The van der Waals surface area contributed by atoms with Crippen molar-refractivity contribution in [1.29, 1.82) is 0 Å². The van der Waals surface area contributed by atoms with E-state index < -0.39 is 0 Å². The van der Waals surface area contributed by atoms with Crippen molar-refractivity contribution in [2.45, 2.75) is 51.4 Å². The molecule has 4 fully saturated rings. The number of carbonyl (C=O) groups excluding carboxylic acids is 1. The zero-order valence-electron chi connectivity index (χ0n) is 17.0. The first-order chi connectivity index (χ1) is 14.1. The summed E-state index contributed by atoms with van der Waals surface area (Å²) in [7, 11) is 0. The Morgan fingerprint density at radius 1 is 1.07 bits per heavy atom. The summed E-state index contributed by atoms with van der Waals surface area (Å²) in [5.74, 6) is 3.56. The Morgan fingerprint density at radius 2 is 1.79 bits per heavy atom. The Labute approximate surface area is 172 Å². The summed E-state index contributed by atoms with van der Waals surface area (Å²) in [6, 6.07) is 9.85. The van der Waals surface area contributed by atoms with Crippen LogP contribution in [0.4, 0.5) is 11.5 Å². The highest BCUT2D eigenvalue weighted by Crippen LogP contribution is 2.61. The molecule has 5 heteroatoms. The van der Waals surface area contributed by atoms with Crippen LogP contribution in [0, 0.1) is 23.2 Å². The number of nitrogens with one attached hydrogen (secondary N) is 2. The standard InChI is InChI=1S/C24H31N3O2/c28-8-2-7-25-22-6-5-19-20(26-22)3-1-4-21(19)27-23(29)15-24-12-16-9-17(13-24)11-18(10-16)14-24/h1,3-6,16-18,28H,2,7-15H2,(H,25,26)(H,27,29). The van der Waals surface area contributed by atoms with Gasteiger partial charge in [-0.05, 0) is 92.4 Å². The van der Waals surface area contributed by atoms with E-state index in [-0.39, 0.29) is 17.9 Å². The van der Waals surface area contributed by atoms with Gasteiger partial charge in [-0.2, -0.15) is 0 Å². The van der Waals surface area contributed by atoms with Crippen molar-refractivity contribution in [3.05, 3.63) is 30.3 Å². The van der Waals surface area contributed by atoms with Gasteiger partial charge in [-0.15, -0.1) is 0 Å². The van der Waals surface area contributed by atoms with E-state index in [2.05, 4.69) is 15.6 Å². The molecule has 1 heterocycles. The van der Waals surface area contributed by atoms with Crippen LogP contribution in [0.3, 0.4) is 0 Å². The van der Waals surface area contributed by atoms with Gasteiger partial charge < -0.3 is 15.7 Å². The molecule has 4 bridgehead atoms. The zero-order valence-corrected chi connectivity index (χ0v) is 17.0. The average molecular weight is 394 g/mol. The van der Waals surface area contributed by atoms with Crippen LogP contribution in [0.25, 0.3) is 10.9 Å². The number of aliphatic hydroxyl groups is 1. The molecule has 0 aliphatic heterocycles. The lowest BCUT2D eigenvalue weighted by Crippen LogP contribution is -2.47. The second-order valence-corrected chi connectivity index (χ2v) is 9.72. The minimum absolute atomic E-state index is 0.157. The number of carbonyl (C=O) groups is 1. The number of hydrogen-bond donors (Lipinski definition) is 3. The van der Waals surface area contributed by atoms with Crippen LogP contribution in [0.15, 0.2) is 30.3 Å². The van der Waals surface area contributed by atoms with Crippen LogP contribution >= 0.6 is 0 Å². The normalized spacial score (nSPS) is 29.9. The second kappa shape index (κ2) is 7.60. The molecule has 0 atom stereocenters. The number of pyridine rings is 1. The summed E-state index contributed by atoms with van der Waals surface area (Å²) in [5, 5.41) is 16.3. The first-order valence-corrected chi connectivity index (χ1v) is 11.2. The monoisotopic (exact) mass is 393 g/mol. The van der Waals surface area contributed by atoms with Gasteiger partial charge in [0.25, 0.3) is 0 Å². The maximum atomic E-state index is 13.0. The molecule has 154 valence electrons. The van der Waals surface area contributed by atoms with Crippen molar-refractivity contribution in [3.63, 3.8) is 0 Å². The summed E-state index contributed by atoms with van der Waals surface area (Å²) in [4.78, 5) is 17.7. The number of fused-ring (bicyclic) bond motifs is 1. The molecule has 3 N–H and O–H groups in total. The molecule has 1 aromatic heterocycles. The van der Waals surface area contributed by atoms with E-state index in [0.717, 1.165) is 40.2 Å². The number of hydrogen-bond acceptors (Lipinski definition) is 4. The van der Waals surface area contributed by atoms with Gasteiger partial charge >= 0.3 is 0 Å². The van der Waals surface area contributed by atoms with E-state index in [1.165, 1.54) is 38.5 Å². The molecule has 1 amide bonds. The minimum atomic E-state index is 0.157. The molecule has 2 aromatic rings. The van der Waals surface area contributed by atoms with Gasteiger partial charge in [0.05, 0.1) is 11.2 Å². The molecule has 0 spiro atoms. The number of nitrogens with zero attached hydrogens (tertiary/aromatic N) is 1. The van der Waals surface area contributed by atoms with Gasteiger partial charge in [0, 0.05) is 25.0 Å². The molecule has 4 aliphatic carbocycles. The molecule has 29 heavy (non-hydrogen) atoms. The highest BCUT2D eigenvalue weighted by molar-refractivity contribution is 6.01. The smallest absolute Gasteiger partial charge is 0.224 e. The van der Waals surface area contributed by atoms with Crippen LogP contribution in [-0.2, 0) is 4.79 Å². The lowest BCUT2D eigenvalue weighted by molar-refractivity contribution is -0.124. The Hall–Kier alpha value is -2.14. The maximum absolute atomic E-state index is 13.0. The first kappa shape index (κ1) is 18.9. The van der Waals surface area contributed by atoms with Crippen LogP contribution in [0.1, 0.15) is 51.4 Å². The van der Waals surface area contributed by atoms with E-state index in [0.29, 0.717) is 19.4 Å². The number of amides is 1. The van der Waals surface area contributed by atoms with E-state index in [1.54, 1.807) is 0 Å². The quantitative estimate of drug-likeness (QED) is 0.602. The molecule has 4 aliphatic rings. The minimum Gasteiger partial charge on any atom is -0.396 e. The molecule has 0 saturated heterocycles. The number of aliphatic hydroxyl groups excluding tert-OH is 1. The molecule has 6 rings (SSSR count). The molecule has 1 aromatic carbocycles. The van der Waals surface area contributed by atoms with Crippen LogP contribution in [0.2, 0.25) is 0 Å². The molecular formula is C24H31N3O2. The average Bonchev–Trinajstić information content (AvgIpc) is 2.66. The summed E-state index contributed by atoms with van der Waals surface area (Å²) in [6.45, 7) is 0.858. The predicted octanol–water partition coefficient (Wildman–Crippen LogP) is 4.57. The third kappa shape index (κ3) is 3.85. The third-order valence-corrected chi connectivity index (χ3v) is 7.35. The van der Waals surface area contributed by atoms with Crippen molar-refractivity contribution in [1.82, 2.24) is 4.98 Å². The fourth-order valence-electron chi connectivity index (χ4n) is 6.70. The number of rotatable bonds is 7. The highest BCUT2D eigenvalue weighted by Gasteiger charge is 2.51.